The number of nitrogens with zero attached hydrogens (tertiary/aromatic N) is 5. The summed E-state index contributed by atoms with van der Waals surface area (Å²) >= 11 is 1.37. The number of carbonyl (C=O) groups is 1. The van der Waals surface area contributed by atoms with Crippen molar-refractivity contribution in [3.63, 3.8) is 0 Å². The maximum Gasteiger partial charge on any atom is 0.262 e. The van der Waals surface area contributed by atoms with Gasteiger partial charge in [0.1, 0.15) is 0 Å². The normalized spacial score (nSPS) is 15.2. The van der Waals surface area contributed by atoms with Gasteiger partial charge in [-0.2, -0.15) is 0 Å². The second-order valence-corrected chi connectivity index (χ2v) is 7.17. The molecule has 0 spiro atoms. The van der Waals surface area contributed by atoms with E-state index >= 15 is 0 Å². The van der Waals surface area contributed by atoms with Gasteiger partial charge in [-0.05, 0) is 31.4 Å². The van der Waals surface area contributed by atoms with Crippen LogP contribution in [-0.4, -0.2) is 48.8 Å². The summed E-state index contributed by atoms with van der Waals surface area (Å²) in [6.07, 6.45) is 3.36. The van der Waals surface area contributed by atoms with E-state index in [9.17, 15) is 9.59 Å². The number of aromatic nitrogens is 4. The van der Waals surface area contributed by atoms with Gasteiger partial charge < -0.3 is 4.90 Å². The molecule has 0 radical (unpaired) electrons. The second-order valence-electron chi connectivity index (χ2n) is 6.23. The SMILES string of the molecule is Cn1c(=O)c2ccccc2n2c(SCC(=O)N3CCCCC3)nnc12. The molecule has 1 fully saturated rings. The van der Waals surface area contributed by atoms with Gasteiger partial charge in [-0.25, -0.2) is 0 Å². The van der Waals surface area contributed by atoms with Gasteiger partial charge in [-0.15, -0.1) is 10.2 Å². The quantitative estimate of drug-likeness (QED) is 0.667. The highest BCUT2D eigenvalue weighted by molar-refractivity contribution is 7.99. The molecule has 1 aliphatic heterocycles. The minimum absolute atomic E-state index is 0.101. The molecule has 0 unspecified atom stereocenters. The molecule has 1 saturated heterocycles. The number of rotatable bonds is 3. The molecular formula is C17H19N5O2S. The predicted octanol–water partition coefficient (Wildman–Crippen LogP) is 1.69. The van der Waals surface area contributed by atoms with Crippen molar-refractivity contribution in [2.75, 3.05) is 18.8 Å². The Kier molecular flexibility index (Phi) is 4.20. The molecule has 7 nitrogen and oxygen atoms in total. The van der Waals surface area contributed by atoms with E-state index in [1.807, 2.05) is 27.5 Å². The van der Waals surface area contributed by atoms with E-state index in [1.54, 1.807) is 13.1 Å². The van der Waals surface area contributed by atoms with E-state index < -0.39 is 0 Å². The highest BCUT2D eigenvalue weighted by atomic mass is 32.2. The van der Waals surface area contributed by atoms with Crippen LogP contribution in [0.2, 0.25) is 0 Å². The van der Waals surface area contributed by atoms with Crippen molar-refractivity contribution in [1.82, 2.24) is 24.1 Å². The van der Waals surface area contributed by atoms with Crippen molar-refractivity contribution in [3.05, 3.63) is 34.6 Å². The summed E-state index contributed by atoms with van der Waals surface area (Å²) in [6, 6.07) is 7.40. The fourth-order valence-corrected chi connectivity index (χ4v) is 4.11. The van der Waals surface area contributed by atoms with E-state index in [0.717, 1.165) is 31.4 Å². The minimum atomic E-state index is -0.101. The Balaban J connectivity index is 1.69. The lowest BCUT2D eigenvalue weighted by Gasteiger charge is -2.26. The van der Waals surface area contributed by atoms with Crippen molar-refractivity contribution in [3.8, 4) is 0 Å². The predicted molar refractivity (Wildman–Crippen MR) is 96.9 cm³/mol. The van der Waals surface area contributed by atoms with Crippen molar-refractivity contribution < 1.29 is 4.79 Å². The van der Waals surface area contributed by atoms with Crippen LogP contribution in [0.4, 0.5) is 0 Å². The largest absolute Gasteiger partial charge is 0.342 e. The fourth-order valence-electron chi connectivity index (χ4n) is 3.27. The summed E-state index contributed by atoms with van der Waals surface area (Å²) in [6.45, 7) is 1.69. The molecule has 1 aliphatic rings. The highest BCUT2D eigenvalue weighted by Gasteiger charge is 2.19. The number of carbonyl (C=O) groups excluding carboxylic acids is 1. The summed E-state index contributed by atoms with van der Waals surface area (Å²) in [5.41, 5.74) is 0.662. The third kappa shape index (κ3) is 2.80. The molecule has 2 aromatic heterocycles. The van der Waals surface area contributed by atoms with Crippen LogP contribution in [-0.2, 0) is 11.8 Å². The number of hydrogen-bond donors (Lipinski definition) is 0. The van der Waals surface area contributed by atoms with Gasteiger partial charge in [-0.3, -0.25) is 18.6 Å². The lowest BCUT2D eigenvalue weighted by molar-refractivity contribution is -0.129. The van der Waals surface area contributed by atoms with Crippen LogP contribution >= 0.6 is 11.8 Å². The van der Waals surface area contributed by atoms with Crippen molar-refractivity contribution in [2.24, 2.45) is 7.05 Å². The zero-order valence-electron chi connectivity index (χ0n) is 14.0. The second kappa shape index (κ2) is 6.51. The van der Waals surface area contributed by atoms with E-state index in [0.29, 0.717) is 22.1 Å². The Bertz CT molecular complexity index is 1000. The molecule has 0 N–H and O–H groups in total. The Labute approximate surface area is 148 Å². The molecule has 4 rings (SSSR count). The number of likely N-dealkylation sites (tertiary alicyclic amines) is 1. The van der Waals surface area contributed by atoms with Crippen LogP contribution in [0.1, 0.15) is 19.3 Å². The summed E-state index contributed by atoms with van der Waals surface area (Å²) < 4.78 is 3.34. The molecule has 25 heavy (non-hydrogen) atoms. The lowest BCUT2D eigenvalue weighted by atomic mass is 10.1. The van der Waals surface area contributed by atoms with E-state index in [-0.39, 0.29) is 11.5 Å². The van der Waals surface area contributed by atoms with Gasteiger partial charge in [0, 0.05) is 20.1 Å². The molecular weight excluding hydrogens is 338 g/mol. The van der Waals surface area contributed by atoms with Crippen LogP contribution in [0.15, 0.2) is 34.2 Å². The van der Waals surface area contributed by atoms with E-state index in [4.69, 9.17) is 0 Å². The van der Waals surface area contributed by atoms with Crippen LogP contribution in [0.5, 0.6) is 0 Å². The number of para-hydroxylation sites is 1. The van der Waals surface area contributed by atoms with Crippen molar-refractivity contribution in [2.45, 2.75) is 24.4 Å². The van der Waals surface area contributed by atoms with Gasteiger partial charge >= 0.3 is 0 Å². The molecule has 0 aliphatic carbocycles. The topological polar surface area (TPSA) is 72.5 Å². The van der Waals surface area contributed by atoms with Crippen LogP contribution in [0.3, 0.4) is 0 Å². The fraction of sp³-hybridized carbons (Fsp3) is 0.412. The van der Waals surface area contributed by atoms with Crippen LogP contribution in [0.25, 0.3) is 16.7 Å². The maximum atomic E-state index is 12.4. The van der Waals surface area contributed by atoms with Crippen LogP contribution < -0.4 is 5.56 Å². The first-order valence-electron chi connectivity index (χ1n) is 8.40. The van der Waals surface area contributed by atoms with E-state index in [2.05, 4.69) is 10.2 Å². The van der Waals surface area contributed by atoms with E-state index in [1.165, 1.54) is 22.7 Å². The Hall–Kier alpha value is -2.35. The molecule has 8 heteroatoms. The molecule has 0 saturated carbocycles. The number of fused-ring (bicyclic) bond motifs is 3. The van der Waals surface area contributed by atoms with Gasteiger partial charge in [-0.1, -0.05) is 23.9 Å². The number of amides is 1. The molecule has 1 amide bonds. The average Bonchev–Trinajstić information content (AvgIpc) is 3.09. The minimum Gasteiger partial charge on any atom is -0.342 e. The van der Waals surface area contributed by atoms with Gasteiger partial charge in [0.2, 0.25) is 11.7 Å². The maximum absolute atomic E-state index is 12.4. The smallest absolute Gasteiger partial charge is 0.262 e. The number of aryl methyl sites for hydroxylation is 1. The van der Waals surface area contributed by atoms with Gasteiger partial charge in [0.15, 0.2) is 5.16 Å². The zero-order chi connectivity index (χ0) is 17.4. The highest BCUT2D eigenvalue weighted by Crippen LogP contribution is 2.22. The van der Waals surface area contributed by atoms with Gasteiger partial charge in [0.25, 0.3) is 5.56 Å². The Morgan fingerprint density at radius 1 is 1.16 bits per heavy atom. The zero-order valence-corrected chi connectivity index (χ0v) is 14.8. The van der Waals surface area contributed by atoms with Crippen molar-refractivity contribution in [1.29, 1.82) is 0 Å². The molecule has 3 heterocycles. The third-order valence-corrected chi connectivity index (χ3v) is 5.54. The van der Waals surface area contributed by atoms with Gasteiger partial charge in [0.05, 0.1) is 16.7 Å². The number of thioether (sulfide) groups is 1. The Morgan fingerprint density at radius 2 is 1.92 bits per heavy atom. The molecule has 0 atom stereocenters. The monoisotopic (exact) mass is 357 g/mol. The van der Waals surface area contributed by atoms with Crippen molar-refractivity contribution >= 4 is 34.3 Å². The number of hydrogen-bond acceptors (Lipinski definition) is 5. The molecule has 3 aromatic rings. The lowest BCUT2D eigenvalue weighted by Crippen LogP contribution is -2.36. The summed E-state index contributed by atoms with van der Waals surface area (Å²) in [4.78, 5) is 26.8. The summed E-state index contributed by atoms with van der Waals surface area (Å²) in [7, 11) is 1.69. The van der Waals surface area contributed by atoms with Crippen LogP contribution in [0, 0.1) is 0 Å². The molecule has 0 bridgehead atoms. The summed E-state index contributed by atoms with van der Waals surface area (Å²) in [5.74, 6) is 0.949. The number of benzene rings is 1. The number of piperidine rings is 1. The first-order valence-corrected chi connectivity index (χ1v) is 9.39. The first kappa shape index (κ1) is 16.1. The average molecular weight is 357 g/mol. The summed E-state index contributed by atoms with van der Waals surface area (Å²) in [5, 5.41) is 9.60. The molecule has 130 valence electrons. The third-order valence-electron chi connectivity index (χ3n) is 4.63. The first-order chi connectivity index (χ1) is 12.2. The Morgan fingerprint density at radius 3 is 2.72 bits per heavy atom. The standard InChI is InChI=1S/C17H19N5O2S/c1-20-15(24)12-7-3-4-8-13(12)22-16(20)18-19-17(22)25-11-14(23)21-9-5-2-6-10-21/h3-4,7-8H,2,5-6,9-11H2,1H3. The molecule has 1 aromatic carbocycles.